The maximum absolute atomic E-state index is 12.5. The van der Waals surface area contributed by atoms with Gasteiger partial charge in [-0.05, 0) is 61.1 Å². The van der Waals surface area contributed by atoms with Gasteiger partial charge < -0.3 is 36.1 Å². The number of aliphatic hydroxyl groups is 2. The zero-order valence-electron chi connectivity index (χ0n) is 27.7. The standard InChI is InChI=1S/C38H50N4O6/c39-33-9-5-6-10-34(33)41-37(46)12-4-2-1-3-11-36(45)40-23-27-13-19-30(20-14-27)38-47-32(24-42-21-7-8-31(42)26-44)22-35(48-38)29-17-15-28(25-43)16-18-29/h5-6,9-10,13-20,31-32,35,38,43-44H,1-4,7-8,11-12,21-26,39H2,(H,40,45)(H,41,46)/t31-,32-,35+,38+/m0/s1. The van der Waals surface area contributed by atoms with Crippen LogP contribution in [0.25, 0.3) is 0 Å². The van der Waals surface area contributed by atoms with Crippen molar-refractivity contribution in [3.63, 3.8) is 0 Å². The minimum Gasteiger partial charge on any atom is -0.397 e. The second kappa shape index (κ2) is 18.1. The molecule has 0 bridgehead atoms. The summed E-state index contributed by atoms with van der Waals surface area (Å²) in [5.74, 6) is -0.0407. The molecule has 0 aromatic heterocycles. The van der Waals surface area contributed by atoms with Crippen LogP contribution in [0.4, 0.5) is 11.4 Å². The molecule has 2 aliphatic rings. The molecular formula is C38H50N4O6. The highest BCUT2D eigenvalue weighted by Gasteiger charge is 2.35. The number of nitrogens with one attached hydrogen (secondary N) is 2. The van der Waals surface area contributed by atoms with Crippen molar-refractivity contribution < 1.29 is 29.3 Å². The number of amides is 2. The highest BCUT2D eigenvalue weighted by atomic mass is 16.7. The van der Waals surface area contributed by atoms with Gasteiger partial charge in [0, 0.05) is 44.0 Å². The Morgan fingerprint density at radius 1 is 0.833 bits per heavy atom. The lowest BCUT2D eigenvalue weighted by Gasteiger charge is -2.38. The summed E-state index contributed by atoms with van der Waals surface area (Å²) in [7, 11) is 0. The molecule has 6 N–H and O–H groups in total. The Morgan fingerprint density at radius 3 is 2.23 bits per heavy atom. The Bertz CT molecular complexity index is 1450. The molecule has 258 valence electrons. The Morgan fingerprint density at radius 2 is 1.52 bits per heavy atom. The molecule has 5 rings (SSSR count). The number of carbonyl (C=O) groups is 2. The normalized spacial score (nSPS) is 21.2. The molecule has 2 aliphatic heterocycles. The second-order valence-electron chi connectivity index (χ2n) is 12.9. The molecule has 0 saturated carbocycles. The average molecular weight is 659 g/mol. The maximum atomic E-state index is 12.5. The van der Waals surface area contributed by atoms with Crippen molar-refractivity contribution in [1.29, 1.82) is 0 Å². The van der Waals surface area contributed by atoms with Gasteiger partial charge >= 0.3 is 0 Å². The third-order valence-electron chi connectivity index (χ3n) is 9.30. The van der Waals surface area contributed by atoms with E-state index in [-0.39, 0.29) is 43.3 Å². The van der Waals surface area contributed by atoms with Crippen molar-refractivity contribution in [3.8, 4) is 0 Å². The quantitative estimate of drug-likeness (QED) is 0.102. The van der Waals surface area contributed by atoms with Crippen LogP contribution in [0.15, 0.2) is 72.8 Å². The Hall–Kier alpha value is -3.80. The lowest BCUT2D eigenvalue weighted by atomic mass is 9.99. The number of likely N-dealkylation sites (tertiary alicyclic amines) is 1. The number of hydrogen-bond donors (Lipinski definition) is 5. The molecule has 4 atom stereocenters. The van der Waals surface area contributed by atoms with Gasteiger partial charge in [-0.15, -0.1) is 0 Å². The summed E-state index contributed by atoms with van der Waals surface area (Å²) in [6, 6.07) is 23.2. The topological polar surface area (TPSA) is 146 Å². The summed E-state index contributed by atoms with van der Waals surface area (Å²) in [5, 5.41) is 25.2. The zero-order valence-corrected chi connectivity index (χ0v) is 27.7. The average Bonchev–Trinajstić information content (AvgIpc) is 3.57. The molecular weight excluding hydrogens is 608 g/mol. The van der Waals surface area contributed by atoms with E-state index in [1.165, 1.54) is 0 Å². The summed E-state index contributed by atoms with van der Waals surface area (Å²) in [5.41, 5.74) is 10.9. The molecule has 2 fully saturated rings. The van der Waals surface area contributed by atoms with Crippen LogP contribution in [0.5, 0.6) is 0 Å². The second-order valence-corrected chi connectivity index (χ2v) is 12.9. The zero-order chi connectivity index (χ0) is 33.7. The van der Waals surface area contributed by atoms with Gasteiger partial charge in [-0.25, -0.2) is 0 Å². The Balaban J connectivity index is 1.06. The molecule has 0 spiro atoms. The van der Waals surface area contributed by atoms with Gasteiger partial charge in [0.25, 0.3) is 0 Å². The van der Waals surface area contributed by atoms with Crippen molar-refractivity contribution in [2.24, 2.45) is 0 Å². The monoisotopic (exact) mass is 658 g/mol. The Labute approximate surface area is 283 Å². The number of unbranched alkanes of at least 4 members (excludes halogenated alkanes) is 3. The molecule has 10 nitrogen and oxygen atoms in total. The summed E-state index contributed by atoms with van der Waals surface area (Å²) >= 11 is 0. The van der Waals surface area contributed by atoms with Gasteiger partial charge in [-0.1, -0.05) is 73.5 Å². The predicted octanol–water partition coefficient (Wildman–Crippen LogP) is 5.36. The third kappa shape index (κ3) is 10.3. The van der Waals surface area contributed by atoms with Gasteiger partial charge in [-0.3, -0.25) is 14.5 Å². The van der Waals surface area contributed by atoms with Crippen LogP contribution in [-0.4, -0.2) is 58.8 Å². The van der Waals surface area contributed by atoms with E-state index < -0.39 is 6.29 Å². The van der Waals surface area contributed by atoms with Crippen LogP contribution in [-0.2, 0) is 32.2 Å². The van der Waals surface area contributed by atoms with E-state index in [0.29, 0.717) is 37.2 Å². The van der Waals surface area contributed by atoms with Gasteiger partial charge in [0.2, 0.25) is 11.8 Å². The molecule has 3 aromatic rings. The number of nitrogens with two attached hydrogens (primary N) is 1. The highest BCUT2D eigenvalue weighted by molar-refractivity contribution is 5.93. The first kappa shape index (κ1) is 35.5. The molecule has 2 heterocycles. The number of anilines is 2. The fraction of sp³-hybridized carbons (Fsp3) is 0.474. The van der Waals surface area contributed by atoms with Gasteiger partial charge in [0.05, 0.1) is 36.8 Å². The molecule has 0 unspecified atom stereocenters. The lowest BCUT2D eigenvalue weighted by Crippen LogP contribution is -2.42. The van der Waals surface area contributed by atoms with E-state index in [1.807, 2.05) is 60.7 Å². The van der Waals surface area contributed by atoms with Crippen molar-refractivity contribution >= 4 is 23.2 Å². The molecule has 48 heavy (non-hydrogen) atoms. The van der Waals surface area contributed by atoms with E-state index in [2.05, 4.69) is 15.5 Å². The first-order valence-corrected chi connectivity index (χ1v) is 17.3. The lowest BCUT2D eigenvalue weighted by molar-refractivity contribution is -0.253. The van der Waals surface area contributed by atoms with E-state index in [9.17, 15) is 19.8 Å². The van der Waals surface area contributed by atoms with Crippen molar-refractivity contribution in [2.75, 3.05) is 30.7 Å². The number of nitrogens with zero attached hydrogens (tertiary/aromatic N) is 1. The van der Waals surface area contributed by atoms with Crippen LogP contribution in [0.3, 0.4) is 0 Å². The number of carbonyl (C=O) groups excluding carboxylic acids is 2. The summed E-state index contributed by atoms with van der Waals surface area (Å²) in [6.07, 6.45) is 6.18. The van der Waals surface area contributed by atoms with Crippen LogP contribution in [0, 0.1) is 0 Å². The van der Waals surface area contributed by atoms with E-state index in [1.54, 1.807) is 12.1 Å². The first-order valence-electron chi connectivity index (χ1n) is 17.3. The molecule has 10 heteroatoms. The smallest absolute Gasteiger partial charge is 0.224 e. The van der Waals surface area contributed by atoms with Crippen molar-refractivity contribution in [3.05, 3.63) is 95.1 Å². The van der Waals surface area contributed by atoms with E-state index in [0.717, 1.165) is 73.9 Å². The minimum atomic E-state index is -0.548. The van der Waals surface area contributed by atoms with Crippen LogP contribution in [0.1, 0.15) is 92.4 Å². The third-order valence-corrected chi connectivity index (χ3v) is 9.30. The first-order chi connectivity index (χ1) is 23.4. The Kier molecular flexibility index (Phi) is 13.4. The molecule has 0 radical (unpaired) electrons. The van der Waals surface area contributed by atoms with Crippen LogP contribution >= 0.6 is 0 Å². The van der Waals surface area contributed by atoms with Gasteiger partial charge in [0.15, 0.2) is 6.29 Å². The molecule has 2 amide bonds. The van der Waals surface area contributed by atoms with Crippen molar-refractivity contribution in [2.45, 2.75) is 95.5 Å². The summed E-state index contributed by atoms with van der Waals surface area (Å²) in [4.78, 5) is 27.0. The summed E-state index contributed by atoms with van der Waals surface area (Å²) < 4.78 is 13.0. The fourth-order valence-electron chi connectivity index (χ4n) is 6.47. The highest BCUT2D eigenvalue weighted by Crippen LogP contribution is 2.38. The SMILES string of the molecule is Nc1ccccc1NC(=O)CCCCCCC(=O)NCc1ccc([C@@H]2O[C@H](CN3CCC[C@H]3CO)C[C@H](c3ccc(CO)cc3)O2)cc1. The van der Waals surface area contributed by atoms with Crippen LogP contribution in [0.2, 0.25) is 0 Å². The maximum Gasteiger partial charge on any atom is 0.224 e. The number of hydrogen-bond acceptors (Lipinski definition) is 8. The minimum absolute atomic E-state index is 0.00152. The predicted molar refractivity (Wildman–Crippen MR) is 186 cm³/mol. The molecule has 0 aliphatic carbocycles. The van der Waals surface area contributed by atoms with Gasteiger partial charge in [0.1, 0.15) is 0 Å². The number of para-hydroxylation sites is 2. The molecule has 3 aromatic carbocycles. The number of aliphatic hydroxyl groups excluding tert-OH is 2. The van der Waals surface area contributed by atoms with E-state index >= 15 is 0 Å². The summed E-state index contributed by atoms with van der Waals surface area (Å²) in [6.45, 7) is 2.28. The van der Waals surface area contributed by atoms with Gasteiger partial charge in [-0.2, -0.15) is 0 Å². The number of ether oxygens (including phenoxy) is 2. The van der Waals surface area contributed by atoms with Crippen LogP contribution < -0.4 is 16.4 Å². The van der Waals surface area contributed by atoms with Crippen molar-refractivity contribution in [1.82, 2.24) is 10.2 Å². The van der Waals surface area contributed by atoms with E-state index in [4.69, 9.17) is 15.2 Å². The number of rotatable bonds is 16. The number of nitrogen functional groups attached to an aromatic ring is 1. The fourth-order valence-corrected chi connectivity index (χ4v) is 6.47. The largest absolute Gasteiger partial charge is 0.397 e. The number of benzene rings is 3. The molecule has 2 saturated heterocycles.